The van der Waals surface area contributed by atoms with E-state index in [1.165, 1.54) is 17.1 Å². The summed E-state index contributed by atoms with van der Waals surface area (Å²) in [6, 6.07) is 5.60. The lowest BCUT2D eigenvalue weighted by atomic mass is 10.1. The van der Waals surface area contributed by atoms with Crippen LogP contribution in [-0.4, -0.2) is 62.2 Å². The number of nitrogens with zero attached hydrogens (tertiary/aromatic N) is 6. The maximum Gasteiger partial charge on any atom is 0.490 e. The number of hydrogen-bond acceptors (Lipinski definition) is 7. The smallest absolute Gasteiger partial charge is 0.475 e. The molecule has 0 radical (unpaired) electrons. The molecular formula is C21H22F5N7O3. The van der Waals surface area contributed by atoms with Gasteiger partial charge < -0.3 is 15.7 Å². The maximum absolute atomic E-state index is 12.8. The fourth-order valence-electron chi connectivity index (χ4n) is 2.79. The van der Waals surface area contributed by atoms with Crippen molar-refractivity contribution in [3.05, 3.63) is 64.6 Å². The molecule has 0 saturated carbocycles. The molecule has 3 aromatic heterocycles. The monoisotopic (exact) mass is 515 g/mol. The number of carbonyl (C=O) groups is 1. The molecule has 10 nitrogen and oxygen atoms in total. The molecule has 3 aromatic rings. The van der Waals surface area contributed by atoms with Crippen molar-refractivity contribution in [2.45, 2.75) is 19.6 Å². The third kappa shape index (κ3) is 6.94. The van der Waals surface area contributed by atoms with Gasteiger partial charge in [0.2, 0.25) is 0 Å². The van der Waals surface area contributed by atoms with Crippen molar-refractivity contribution in [2.75, 3.05) is 25.5 Å². The standard InChI is InChI=1S/C19H21F2N7O.C2HF3O2/c1-12-6-15(9-24-17(12)13-4-5-16(23-8-13)26(2)3)27-11-25-28(19(27)29)10-14(7-22)18(20)21;3-2(4,5)1(6)7/h4-6,8-9,11H,7,10,22H2,1-3H3;(H,6,7). The summed E-state index contributed by atoms with van der Waals surface area (Å²) in [6.07, 6.45) is -2.44. The molecule has 0 saturated heterocycles. The third-order valence-electron chi connectivity index (χ3n) is 4.65. The number of nitrogens with two attached hydrogens (primary N) is 1. The van der Waals surface area contributed by atoms with Crippen LogP contribution in [0.4, 0.5) is 27.8 Å². The number of alkyl halides is 3. The van der Waals surface area contributed by atoms with Gasteiger partial charge in [-0.25, -0.2) is 23.8 Å². The van der Waals surface area contributed by atoms with Crippen LogP contribution in [0.2, 0.25) is 0 Å². The summed E-state index contributed by atoms with van der Waals surface area (Å²) in [5, 5.41) is 11.0. The first kappa shape index (κ1) is 28.1. The predicted molar refractivity (Wildman–Crippen MR) is 120 cm³/mol. The van der Waals surface area contributed by atoms with Gasteiger partial charge in [-0.05, 0) is 30.7 Å². The number of aryl methyl sites for hydroxylation is 1. The van der Waals surface area contributed by atoms with E-state index in [1.807, 2.05) is 38.1 Å². The zero-order chi connectivity index (χ0) is 27.2. The third-order valence-corrected chi connectivity index (χ3v) is 4.65. The Morgan fingerprint density at radius 1 is 1.17 bits per heavy atom. The van der Waals surface area contributed by atoms with Gasteiger partial charge in [0.05, 0.1) is 24.1 Å². The largest absolute Gasteiger partial charge is 0.490 e. The summed E-state index contributed by atoms with van der Waals surface area (Å²) in [6.45, 7) is 1.16. The van der Waals surface area contributed by atoms with Gasteiger partial charge >= 0.3 is 17.8 Å². The number of aliphatic carboxylic acids is 1. The number of pyridine rings is 2. The molecule has 3 N–H and O–H groups in total. The maximum atomic E-state index is 12.8. The van der Waals surface area contributed by atoms with Crippen molar-refractivity contribution in [3.8, 4) is 16.9 Å². The van der Waals surface area contributed by atoms with Crippen molar-refractivity contribution in [1.82, 2.24) is 24.3 Å². The van der Waals surface area contributed by atoms with Crippen molar-refractivity contribution >= 4 is 11.8 Å². The molecule has 0 aliphatic carbocycles. The molecule has 3 heterocycles. The summed E-state index contributed by atoms with van der Waals surface area (Å²) in [7, 11) is 3.82. The second-order valence-corrected chi connectivity index (χ2v) is 7.47. The Kier molecular flexibility index (Phi) is 9.00. The minimum absolute atomic E-state index is 0.337. The van der Waals surface area contributed by atoms with Crippen molar-refractivity contribution in [3.63, 3.8) is 0 Å². The van der Waals surface area contributed by atoms with Crippen LogP contribution in [0.3, 0.4) is 0 Å². The van der Waals surface area contributed by atoms with E-state index < -0.39 is 23.9 Å². The molecule has 15 heteroatoms. The summed E-state index contributed by atoms with van der Waals surface area (Å²) >= 11 is 0. The highest BCUT2D eigenvalue weighted by Gasteiger charge is 2.38. The average molecular weight is 515 g/mol. The average Bonchev–Trinajstić information content (AvgIpc) is 3.17. The first-order chi connectivity index (χ1) is 16.8. The summed E-state index contributed by atoms with van der Waals surface area (Å²) in [5.74, 6) is -1.93. The molecular weight excluding hydrogens is 493 g/mol. The van der Waals surface area contributed by atoms with Crippen LogP contribution in [0.5, 0.6) is 0 Å². The molecule has 3 rings (SSSR count). The minimum Gasteiger partial charge on any atom is -0.475 e. The zero-order valence-electron chi connectivity index (χ0n) is 19.3. The Labute approximate surface area is 201 Å². The van der Waals surface area contributed by atoms with Gasteiger partial charge in [0.25, 0.3) is 6.08 Å². The van der Waals surface area contributed by atoms with Crippen molar-refractivity contribution in [2.24, 2.45) is 5.73 Å². The Balaban J connectivity index is 0.000000572. The van der Waals surface area contributed by atoms with Gasteiger partial charge in [0.1, 0.15) is 12.1 Å². The van der Waals surface area contributed by atoms with Crippen LogP contribution >= 0.6 is 0 Å². The van der Waals surface area contributed by atoms with Crippen LogP contribution in [0.15, 0.2) is 53.4 Å². The topological polar surface area (TPSA) is 132 Å². The van der Waals surface area contributed by atoms with E-state index in [2.05, 4.69) is 15.1 Å². The summed E-state index contributed by atoms with van der Waals surface area (Å²) < 4.78 is 59.5. The van der Waals surface area contributed by atoms with Crippen LogP contribution in [0, 0.1) is 6.92 Å². The second kappa shape index (κ2) is 11.5. The molecule has 0 amide bonds. The normalized spacial score (nSPS) is 10.9. The lowest BCUT2D eigenvalue weighted by molar-refractivity contribution is -0.192. The highest BCUT2D eigenvalue weighted by atomic mass is 19.4. The van der Waals surface area contributed by atoms with Gasteiger partial charge in [-0.15, -0.1) is 0 Å². The molecule has 36 heavy (non-hydrogen) atoms. The molecule has 0 bridgehead atoms. The van der Waals surface area contributed by atoms with E-state index in [0.29, 0.717) is 5.69 Å². The highest BCUT2D eigenvalue weighted by molar-refractivity contribution is 5.73. The number of aromatic nitrogens is 5. The molecule has 0 aliphatic heterocycles. The lowest BCUT2D eigenvalue weighted by Gasteiger charge is -2.12. The quantitative estimate of drug-likeness (QED) is 0.479. The molecule has 0 fully saturated rings. The van der Waals surface area contributed by atoms with Gasteiger partial charge in [-0.1, -0.05) is 0 Å². The fraction of sp³-hybridized carbons (Fsp3) is 0.286. The number of carboxylic acid groups (broad SMARTS) is 1. The fourth-order valence-corrected chi connectivity index (χ4v) is 2.79. The second-order valence-electron chi connectivity index (χ2n) is 7.47. The number of carboxylic acids is 1. The van der Waals surface area contributed by atoms with Gasteiger partial charge in [-0.2, -0.15) is 27.1 Å². The summed E-state index contributed by atoms with van der Waals surface area (Å²) in [5.41, 5.74) is 7.31. The lowest BCUT2D eigenvalue weighted by Crippen LogP contribution is -2.26. The van der Waals surface area contributed by atoms with Crippen molar-refractivity contribution < 1.29 is 31.9 Å². The number of rotatable bonds is 6. The number of halogens is 5. The molecule has 0 atom stereocenters. The van der Waals surface area contributed by atoms with Crippen LogP contribution in [0.1, 0.15) is 5.56 Å². The first-order valence-corrected chi connectivity index (χ1v) is 10.0. The van der Waals surface area contributed by atoms with E-state index in [1.54, 1.807) is 12.3 Å². The van der Waals surface area contributed by atoms with E-state index >= 15 is 0 Å². The molecule has 0 aliphatic rings. The van der Waals surface area contributed by atoms with Gasteiger partial charge in [-0.3, -0.25) is 4.98 Å². The van der Waals surface area contributed by atoms with E-state index in [4.69, 9.17) is 15.6 Å². The molecule has 0 unspecified atom stereocenters. The Hall–Kier alpha value is -4.14. The number of anilines is 1. The zero-order valence-corrected chi connectivity index (χ0v) is 19.3. The van der Waals surface area contributed by atoms with Crippen LogP contribution in [-0.2, 0) is 11.3 Å². The predicted octanol–water partition coefficient (Wildman–Crippen LogP) is 2.61. The molecule has 194 valence electrons. The number of hydrogen-bond donors (Lipinski definition) is 2. The van der Waals surface area contributed by atoms with Crippen molar-refractivity contribution in [1.29, 1.82) is 0 Å². The van der Waals surface area contributed by atoms with Crippen LogP contribution < -0.4 is 16.3 Å². The Morgan fingerprint density at radius 2 is 1.81 bits per heavy atom. The molecule has 0 aromatic carbocycles. The Bertz CT molecular complexity index is 1290. The molecule has 0 spiro atoms. The van der Waals surface area contributed by atoms with Gasteiger partial charge in [0.15, 0.2) is 0 Å². The SMILES string of the molecule is Cc1cc(-n2cnn(CC(CN)=C(F)F)c2=O)cnc1-c1ccc(N(C)C)nc1.O=C(O)C(F)(F)F. The minimum atomic E-state index is -5.08. The first-order valence-electron chi connectivity index (χ1n) is 10.0. The highest BCUT2D eigenvalue weighted by Crippen LogP contribution is 2.23. The van der Waals surface area contributed by atoms with Gasteiger partial charge in [0, 0.05) is 38.0 Å². The Morgan fingerprint density at radius 3 is 2.25 bits per heavy atom. The van der Waals surface area contributed by atoms with E-state index in [9.17, 15) is 26.7 Å². The van der Waals surface area contributed by atoms with Crippen LogP contribution in [0.25, 0.3) is 16.9 Å². The summed E-state index contributed by atoms with van der Waals surface area (Å²) in [4.78, 5) is 32.2. The van der Waals surface area contributed by atoms with E-state index in [0.717, 1.165) is 27.3 Å². The van der Waals surface area contributed by atoms with E-state index in [-0.39, 0.29) is 18.7 Å².